The number of rotatable bonds is 6. The van der Waals surface area contributed by atoms with Gasteiger partial charge in [0.05, 0.1) is 35.2 Å². The van der Waals surface area contributed by atoms with Gasteiger partial charge in [-0.1, -0.05) is 0 Å². The van der Waals surface area contributed by atoms with Crippen molar-refractivity contribution in [2.24, 2.45) is 7.05 Å². The number of aromatic nitrogens is 4. The highest BCUT2D eigenvalue weighted by Gasteiger charge is 2.21. The van der Waals surface area contributed by atoms with Gasteiger partial charge in [-0.25, -0.2) is 4.98 Å². The normalized spacial score (nSPS) is 12.1. The molecule has 148 valence electrons. The van der Waals surface area contributed by atoms with Gasteiger partial charge in [0.15, 0.2) is 6.10 Å². The molecule has 0 aromatic carbocycles. The van der Waals surface area contributed by atoms with Crippen molar-refractivity contribution in [1.82, 2.24) is 19.3 Å². The van der Waals surface area contributed by atoms with Crippen LogP contribution in [-0.2, 0) is 27.9 Å². The van der Waals surface area contributed by atoms with Gasteiger partial charge in [0.2, 0.25) is 0 Å². The topological polar surface area (TPSA) is 108 Å². The SMILES string of the molecule is Cc1nn(C)c(C)c1NC(=O)C(C)OC(=O)CCn1cnc2sccc2c1=O. The van der Waals surface area contributed by atoms with E-state index in [-0.39, 0.29) is 18.5 Å². The molecule has 0 fully saturated rings. The molecule has 0 spiro atoms. The molecule has 0 aliphatic carbocycles. The first-order valence-electron chi connectivity index (χ1n) is 8.71. The minimum atomic E-state index is -0.972. The van der Waals surface area contributed by atoms with Crippen LogP contribution in [0.2, 0.25) is 0 Å². The van der Waals surface area contributed by atoms with Crippen LogP contribution >= 0.6 is 11.3 Å². The minimum absolute atomic E-state index is 0.0419. The number of ether oxygens (including phenoxy) is 1. The van der Waals surface area contributed by atoms with Crippen molar-refractivity contribution in [3.05, 3.63) is 39.5 Å². The molecule has 3 aromatic rings. The van der Waals surface area contributed by atoms with E-state index in [1.165, 1.54) is 29.2 Å². The van der Waals surface area contributed by atoms with E-state index < -0.39 is 18.0 Å². The van der Waals surface area contributed by atoms with Gasteiger partial charge in [-0.2, -0.15) is 5.10 Å². The van der Waals surface area contributed by atoms with E-state index in [1.807, 2.05) is 6.92 Å². The molecule has 0 saturated carbocycles. The van der Waals surface area contributed by atoms with Crippen molar-refractivity contribution >= 4 is 39.1 Å². The maximum absolute atomic E-state index is 12.3. The largest absolute Gasteiger partial charge is 0.452 e. The van der Waals surface area contributed by atoms with Gasteiger partial charge in [0, 0.05) is 13.6 Å². The second-order valence-corrected chi connectivity index (χ2v) is 7.32. The molecule has 1 atom stereocenters. The van der Waals surface area contributed by atoms with Gasteiger partial charge in [-0.05, 0) is 32.2 Å². The summed E-state index contributed by atoms with van der Waals surface area (Å²) in [7, 11) is 1.78. The van der Waals surface area contributed by atoms with E-state index in [0.717, 1.165) is 5.69 Å². The lowest BCUT2D eigenvalue weighted by molar-refractivity contribution is -0.153. The molecule has 10 heteroatoms. The number of nitrogens with one attached hydrogen (secondary N) is 1. The Kier molecular flexibility index (Phi) is 5.59. The monoisotopic (exact) mass is 403 g/mol. The zero-order valence-electron chi connectivity index (χ0n) is 16.1. The quantitative estimate of drug-likeness (QED) is 0.629. The fraction of sp³-hybridized carbons (Fsp3) is 0.389. The summed E-state index contributed by atoms with van der Waals surface area (Å²) in [4.78, 5) is 41.6. The molecule has 9 nitrogen and oxygen atoms in total. The average molecular weight is 403 g/mol. The zero-order valence-corrected chi connectivity index (χ0v) is 16.9. The molecule has 1 amide bonds. The maximum Gasteiger partial charge on any atom is 0.308 e. The molecule has 3 heterocycles. The first-order valence-corrected chi connectivity index (χ1v) is 9.59. The van der Waals surface area contributed by atoms with Gasteiger partial charge in [-0.3, -0.25) is 23.6 Å². The number of aryl methyl sites for hydroxylation is 3. The van der Waals surface area contributed by atoms with Crippen molar-refractivity contribution in [2.75, 3.05) is 5.32 Å². The molecule has 3 rings (SSSR count). The van der Waals surface area contributed by atoms with Crippen molar-refractivity contribution in [3.8, 4) is 0 Å². The standard InChI is InChI=1S/C18H21N5O4S/c1-10-15(11(2)22(4)21-10)20-16(25)12(3)27-14(24)5-7-23-9-19-17-13(18(23)26)6-8-28-17/h6,8-9,12H,5,7H2,1-4H3,(H,20,25). The molecule has 0 bridgehead atoms. The fourth-order valence-electron chi connectivity index (χ4n) is 2.75. The molecule has 0 aliphatic heterocycles. The number of amides is 1. The van der Waals surface area contributed by atoms with E-state index in [0.29, 0.717) is 21.6 Å². The summed E-state index contributed by atoms with van der Waals surface area (Å²) < 4.78 is 8.22. The zero-order chi connectivity index (χ0) is 20.4. The molecular formula is C18H21N5O4S. The Hall–Kier alpha value is -3.01. The van der Waals surface area contributed by atoms with Crippen molar-refractivity contribution < 1.29 is 14.3 Å². The van der Waals surface area contributed by atoms with Crippen LogP contribution in [0.4, 0.5) is 5.69 Å². The van der Waals surface area contributed by atoms with Crippen LogP contribution in [0.15, 0.2) is 22.6 Å². The molecule has 0 radical (unpaired) electrons. The van der Waals surface area contributed by atoms with Crippen LogP contribution in [0, 0.1) is 13.8 Å². The summed E-state index contributed by atoms with van der Waals surface area (Å²) in [6, 6.07) is 1.71. The minimum Gasteiger partial charge on any atom is -0.452 e. The number of anilines is 1. The van der Waals surface area contributed by atoms with E-state index in [4.69, 9.17) is 4.74 Å². The second-order valence-electron chi connectivity index (χ2n) is 6.42. The average Bonchev–Trinajstić information content (AvgIpc) is 3.22. The Morgan fingerprint density at radius 3 is 2.79 bits per heavy atom. The third-order valence-corrected chi connectivity index (χ3v) is 5.26. The summed E-state index contributed by atoms with van der Waals surface area (Å²) in [6.07, 6.45) is 0.402. The first kappa shape index (κ1) is 19.7. The predicted octanol–water partition coefficient (Wildman–Crippen LogP) is 1.77. The number of hydrogen-bond donors (Lipinski definition) is 1. The van der Waals surface area contributed by atoms with Crippen LogP contribution in [0.5, 0.6) is 0 Å². The smallest absolute Gasteiger partial charge is 0.308 e. The van der Waals surface area contributed by atoms with Crippen LogP contribution < -0.4 is 10.9 Å². The van der Waals surface area contributed by atoms with Crippen LogP contribution in [-0.4, -0.2) is 37.3 Å². The van der Waals surface area contributed by atoms with Crippen molar-refractivity contribution in [2.45, 2.75) is 39.8 Å². The number of nitrogens with zero attached hydrogens (tertiary/aromatic N) is 4. The van der Waals surface area contributed by atoms with Gasteiger partial charge >= 0.3 is 5.97 Å². The Morgan fingerprint density at radius 2 is 2.11 bits per heavy atom. The highest BCUT2D eigenvalue weighted by atomic mass is 32.1. The number of carbonyl (C=O) groups excluding carboxylic acids is 2. The predicted molar refractivity (Wildman–Crippen MR) is 105 cm³/mol. The third kappa shape index (κ3) is 3.96. The molecular weight excluding hydrogens is 382 g/mol. The van der Waals surface area contributed by atoms with E-state index in [9.17, 15) is 14.4 Å². The van der Waals surface area contributed by atoms with Crippen molar-refractivity contribution in [3.63, 3.8) is 0 Å². The Labute approximate surface area is 164 Å². The Balaban J connectivity index is 1.57. The fourth-order valence-corrected chi connectivity index (χ4v) is 3.48. The molecule has 28 heavy (non-hydrogen) atoms. The van der Waals surface area contributed by atoms with E-state index >= 15 is 0 Å². The lowest BCUT2D eigenvalue weighted by Crippen LogP contribution is -2.31. The summed E-state index contributed by atoms with van der Waals surface area (Å²) in [5, 5.41) is 9.29. The maximum atomic E-state index is 12.3. The molecule has 0 aliphatic rings. The lowest BCUT2D eigenvalue weighted by Gasteiger charge is -2.14. The number of esters is 1. The number of thiophene rings is 1. The van der Waals surface area contributed by atoms with Crippen molar-refractivity contribution in [1.29, 1.82) is 0 Å². The Morgan fingerprint density at radius 1 is 1.36 bits per heavy atom. The number of hydrogen-bond acceptors (Lipinski definition) is 7. The van der Waals surface area contributed by atoms with Crippen LogP contribution in [0.3, 0.4) is 0 Å². The first-order chi connectivity index (χ1) is 13.3. The molecule has 1 unspecified atom stereocenters. The van der Waals surface area contributed by atoms with E-state index in [2.05, 4.69) is 15.4 Å². The van der Waals surface area contributed by atoms with Gasteiger partial charge in [0.25, 0.3) is 11.5 Å². The number of carbonyl (C=O) groups is 2. The second kappa shape index (κ2) is 7.93. The van der Waals surface area contributed by atoms with Gasteiger partial charge in [0.1, 0.15) is 4.83 Å². The summed E-state index contributed by atoms with van der Waals surface area (Å²) >= 11 is 1.38. The molecule has 1 N–H and O–H groups in total. The van der Waals surface area contributed by atoms with Gasteiger partial charge < -0.3 is 10.1 Å². The van der Waals surface area contributed by atoms with Crippen LogP contribution in [0.1, 0.15) is 24.7 Å². The highest BCUT2D eigenvalue weighted by Crippen LogP contribution is 2.19. The van der Waals surface area contributed by atoms with E-state index in [1.54, 1.807) is 30.1 Å². The summed E-state index contributed by atoms with van der Waals surface area (Å²) in [6.45, 7) is 5.25. The third-order valence-electron chi connectivity index (χ3n) is 4.44. The number of fused-ring (bicyclic) bond motifs is 1. The summed E-state index contributed by atoms with van der Waals surface area (Å²) in [5.41, 5.74) is 1.90. The Bertz CT molecular complexity index is 1100. The molecule has 0 saturated heterocycles. The summed E-state index contributed by atoms with van der Waals surface area (Å²) in [5.74, 6) is -1.01. The van der Waals surface area contributed by atoms with Gasteiger partial charge in [-0.15, -0.1) is 11.3 Å². The van der Waals surface area contributed by atoms with Crippen LogP contribution in [0.25, 0.3) is 10.2 Å². The molecule has 3 aromatic heterocycles. The highest BCUT2D eigenvalue weighted by molar-refractivity contribution is 7.16. The lowest BCUT2D eigenvalue weighted by atomic mass is 10.3.